The van der Waals surface area contributed by atoms with Crippen molar-refractivity contribution in [3.63, 3.8) is 0 Å². The third-order valence-corrected chi connectivity index (χ3v) is 4.71. The highest BCUT2D eigenvalue weighted by Gasteiger charge is 2.30. The van der Waals surface area contributed by atoms with Crippen LogP contribution >= 0.6 is 0 Å². The zero-order valence-electron chi connectivity index (χ0n) is 15.3. The molecule has 1 atom stereocenters. The summed E-state index contributed by atoms with van der Waals surface area (Å²) in [7, 11) is 3.21. The van der Waals surface area contributed by atoms with Crippen LogP contribution in [-0.2, 0) is 4.79 Å². The molecule has 1 heterocycles. The minimum absolute atomic E-state index is 0.00105. The summed E-state index contributed by atoms with van der Waals surface area (Å²) in [5.41, 5.74) is 0.922. The van der Waals surface area contributed by atoms with Crippen LogP contribution in [0, 0.1) is 11.6 Å². The first kappa shape index (κ1) is 19.1. The van der Waals surface area contributed by atoms with Crippen molar-refractivity contribution in [2.24, 2.45) is 0 Å². The average Bonchev–Trinajstić information content (AvgIpc) is 3.11. The molecule has 0 unspecified atom stereocenters. The van der Waals surface area contributed by atoms with E-state index in [-0.39, 0.29) is 24.2 Å². The largest absolute Gasteiger partial charge is 0.497 e. The van der Waals surface area contributed by atoms with E-state index in [9.17, 15) is 13.6 Å². The Morgan fingerprint density at radius 2 is 2.00 bits per heavy atom. The zero-order valence-corrected chi connectivity index (χ0v) is 15.3. The number of ether oxygens (including phenoxy) is 2. The molecule has 0 bridgehead atoms. The molecule has 27 heavy (non-hydrogen) atoms. The quantitative estimate of drug-likeness (QED) is 0.834. The Labute approximate surface area is 156 Å². The van der Waals surface area contributed by atoms with Crippen LogP contribution in [-0.4, -0.2) is 38.1 Å². The van der Waals surface area contributed by atoms with E-state index >= 15 is 0 Å². The molecule has 2 aromatic carbocycles. The first-order valence-corrected chi connectivity index (χ1v) is 8.72. The van der Waals surface area contributed by atoms with Gasteiger partial charge in [-0.15, -0.1) is 0 Å². The number of carbonyl (C=O) groups is 1. The first-order valence-electron chi connectivity index (χ1n) is 8.72. The molecule has 5 nitrogen and oxygen atoms in total. The maximum absolute atomic E-state index is 13.7. The molecule has 1 aliphatic rings. The number of methoxy groups -OCH3 is 2. The number of halogens is 2. The lowest BCUT2D eigenvalue weighted by atomic mass is 10.0. The van der Waals surface area contributed by atoms with Gasteiger partial charge in [0, 0.05) is 17.7 Å². The van der Waals surface area contributed by atoms with E-state index in [0.29, 0.717) is 0 Å². The van der Waals surface area contributed by atoms with Gasteiger partial charge >= 0.3 is 0 Å². The molecule has 1 aliphatic heterocycles. The number of hydrogen-bond donors (Lipinski definition) is 1. The van der Waals surface area contributed by atoms with Gasteiger partial charge in [0.05, 0.1) is 26.5 Å². The van der Waals surface area contributed by atoms with Crippen LogP contribution in [0.25, 0.3) is 0 Å². The van der Waals surface area contributed by atoms with Gasteiger partial charge in [0.1, 0.15) is 23.1 Å². The maximum atomic E-state index is 13.7. The molecule has 0 saturated carbocycles. The standard InChI is InChI=1S/C20H22F2N2O3/c1-26-14-6-8-19(27-2)15(11-14)18-4-3-9-24(18)12-20(25)23-17-7-5-13(21)10-16(17)22/h5-8,10-11,18H,3-4,9,12H2,1-2H3,(H,23,25)/t18-/m0/s1. The van der Waals surface area contributed by atoms with Gasteiger partial charge < -0.3 is 14.8 Å². The van der Waals surface area contributed by atoms with Gasteiger partial charge in [0.25, 0.3) is 0 Å². The Kier molecular flexibility index (Phi) is 5.91. The van der Waals surface area contributed by atoms with Crippen LogP contribution in [0.1, 0.15) is 24.4 Å². The summed E-state index contributed by atoms with van der Waals surface area (Å²) in [6.45, 7) is 0.839. The van der Waals surface area contributed by atoms with Crippen LogP contribution in [0.3, 0.4) is 0 Å². The zero-order chi connectivity index (χ0) is 19.4. The molecule has 0 spiro atoms. The van der Waals surface area contributed by atoms with Crippen molar-refractivity contribution in [1.82, 2.24) is 4.90 Å². The van der Waals surface area contributed by atoms with Crippen molar-refractivity contribution in [3.8, 4) is 11.5 Å². The van der Waals surface area contributed by atoms with Crippen molar-refractivity contribution in [2.45, 2.75) is 18.9 Å². The highest BCUT2D eigenvalue weighted by atomic mass is 19.1. The normalized spacial score (nSPS) is 17.0. The maximum Gasteiger partial charge on any atom is 0.238 e. The van der Waals surface area contributed by atoms with Gasteiger partial charge in [-0.05, 0) is 49.7 Å². The third-order valence-electron chi connectivity index (χ3n) is 4.71. The monoisotopic (exact) mass is 376 g/mol. The Morgan fingerprint density at radius 3 is 2.70 bits per heavy atom. The number of likely N-dealkylation sites (tertiary alicyclic amines) is 1. The fraction of sp³-hybridized carbons (Fsp3) is 0.350. The summed E-state index contributed by atoms with van der Waals surface area (Å²) in [6, 6.07) is 8.66. The number of hydrogen-bond acceptors (Lipinski definition) is 4. The lowest BCUT2D eigenvalue weighted by molar-refractivity contribution is -0.117. The molecule has 3 rings (SSSR count). The molecule has 0 aliphatic carbocycles. The number of nitrogens with one attached hydrogen (secondary N) is 1. The highest BCUT2D eigenvalue weighted by molar-refractivity contribution is 5.92. The van der Waals surface area contributed by atoms with E-state index in [1.165, 1.54) is 6.07 Å². The molecule has 1 amide bonds. The van der Waals surface area contributed by atoms with Crippen molar-refractivity contribution in [3.05, 3.63) is 53.6 Å². The Balaban J connectivity index is 1.74. The summed E-state index contributed by atoms with van der Waals surface area (Å²) in [6.07, 6.45) is 1.81. The van der Waals surface area contributed by atoms with E-state index in [0.717, 1.165) is 48.6 Å². The third kappa shape index (κ3) is 4.36. The second-order valence-corrected chi connectivity index (χ2v) is 6.41. The van der Waals surface area contributed by atoms with Crippen LogP contribution < -0.4 is 14.8 Å². The van der Waals surface area contributed by atoms with Crippen molar-refractivity contribution >= 4 is 11.6 Å². The lowest BCUT2D eigenvalue weighted by Gasteiger charge is -2.26. The molecule has 1 fully saturated rings. The predicted molar refractivity (Wildman–Crippen MR) is 98.1 cm³/mol. The second-order valence-electron chi connectivity index (χ2n) is 6.41. The lowest BCUT2D eigenvalue weighted by Crippen LogP contribution is -2.33. The number of amides is 1. The van der Waals surface area contributed by atoms with Crippen molar-refractivity contribution in [1.29, 1.82) is 0 Å². The Bertz CT molecular complexity index is 829. The first-order chi connectivity index (χ1) is 13.0. The average molecular weight is 376 g/mol. The molecular weight excluding hydrogens is 354 g/mol. The number of nitrogens with zero attached hydrogens (tertiary/aromatic N) is 1. The van der Waals surface area contributed by atoms with Gasteiger partial charge in [-0.1, -0.05) is 0 Å². The van der Waals surface area contributed by atoms with Crippen molar-refractivity contribution in [2.75, 3.05) is 32.6 Å². The SMILES string of the molecule is COc1ccc(OC)c([C@@H]2CCCN2CC(=O)Nc2ccc(F)cc2F)c1. The number of carbonyl (C=O) groups excluding carboxylic acids is 1. The van der Waals surface area contributed by atoms with Crippen molar-refractivity contribution < 1.29 is 23.0 Å². The Morgan fingerprint density at radius 1 is 1.19 bits per heavy atom. The fourth-order valence-corrected chi connectivity index (χ4v) is 3.43. The summed E-state index contributed by atoms with van der Waals surface area (Å²) in [4.78, 5) is 14.4. The Hall–Kier alpha value is -2.67. The number of benzene rings is 2. The molecular formula is C20H22F2N2O3. The smallest absolute Gasteiger partial charge is 0.238 e. The molecule has 0 aromatic heterocycles. The molecule has 7 heteroatoms. The topological polar surface area (TPSA) is 50.8 Å². The van der Waals surface area contributed by atoms with Crippen LogP contribution in [0.2, 0.25) is 0 Å². The summed E-state index contributed by atoms with van der Waals surface area (Å²) < 4.78 is 37.5. The van der Waals surface area contributed by atoms with E-state index in [2.05, 4.69) is 5.32 Å². The number of anilines is 1. The van der Waals surface area contributed by atoms with Crippen LogP contribution in [0.4, 0.5) is 14.5 Å². The van der Waals surface area contributed by atoms with E-state index < -0.39 is 11.6 Å². The van der Waals surface area contributed by atoms with E-state index in [1.807, 2.05) is 23.1 Å². The molecule has 1 N–H and O–H groups in total. The van der Waals surface area contributed by atoms with Gasteiger partial charge in [-0.25, -0.2) is 8.78 Å². The minimum atomic E-state index is -0.796. The highest BCUT2D eigenvalue weighted by Crippen LogP contribution is 2.38. The molecule has 0 radical (unpaired) electrons. The minimum Gasteiger partial charge on any atom is -0.497 e. The van der Waals surface area contributed by atoms with Gasteiger partial charge in [-0.3, -0.25) is 9.69 Å². The number of rotatable bonds is 6. The van der Waals surface area contributed by atoms with E-state index in [1.54, 1.807) is 14.2 Å². The summed E-state index contributed by atoms with van der Waals surface area (Å²) in [5.74, 6) is -0.381. The fourth-order valence-electron chi connectivity index (χ4n) is 3.43. The summed E-state index contributed by atoms with van der Waals surface area (Å²) >= 11 is 0. The molecule has 1 saturated heterocycles. The second kappa shape index (κ2) is 8.35. The predicted octanol–water partition coefficient (Wildman–Crippen LogP) is 3.76. The summed E-state index contributed by atoms with van der Waals surface area (Å²) in [5, 5.41) is 2.51. The van der Waals surface area contributed by atoms with Gasteiger partial charge in [0.2, 0.25) is 5.91 Å². The van der Waals surface area contributed by atoms with Crippen LogP contribution in [0.5, 0.6) is 11.5 Å². The van der Waals surface area contributed by atoms with E-state index in [4.69, 9.17) is 9.47 Å². The molecule has 144 valence electrons. The molecule has 2 aromatic rings. The van der Waals surface area contributed by atoms with Crippen LogP contribution in [0.15, 0.2) is 36.4 Å². The van der Waals surface area contributed by atoms with Gasteiger partial charge in [-0.2, -0.15) is 0 Å². The van der Waals surface area contributed by atoms with Gasteiger partial charge in [0.15, 0.2) is 0 Å².